The topological polar surface area (TPSA) is 77.2 Å². The second-order valence-electron chi connectivity index (χ2n) is 4.19. The first-order chi connectivity index (χ1) is 8.45. The van der Waals surface area contributed by atoms with Crippen molar-refractivity contribution in [2.75, 3.05) is 12.4 Å². The fourth-order valence-electron chi connectivity index (χ4n) is 1.43. The molecule has 18 heavy (non-hydrogen) atoms. The van der Waals surface area contributed by atoms with Crippen LogP contribution >= 0.6 is 12.2 Å². The number of esters is 1. The molecule has 0 radical (unpaired) electrons. The van der Waals surface area contributed by atoms with Gasteiger partial charge in [-0.2, -0.15) is 0 Å². The second-order valence-corrected chi connectivity index (χ2v) is 4.63. The van der Waals surface area contributed by atoms with Crippen molar-refractivity contribution in [2.24, 2.45) is 11.7 Å². The number of anilines is 1. The van der Waals surface area contributed by atoms with E-state index in [1.807, 2.05) is 13.8 Å². The molecule has 0 fully saturated rings. The van der Waals surface area contributed by atoms with Crippen LogP contribution in [-0.4, -0.2) is 29.1 Å². The number of methoxy groups -OCH3 is 1. The van der Waals surface area contributed by atoms with Gasteiger partial charge in [0.2, 0.25) is 0 Å². The van der Waals surface area contributed by atoms with Gasteiger partial charge in [0.15, 0.2) is 0 Å². The molecule has 1 aromatic heterocycles. The van der Waals surface area contributed by atoms with Gasteiger partial charge in [-0.05, 0) is 18.1 Å². The van der Waals surface area contributed by atoms with Gasteiger partial charge in [0.1, 0.15) is 11.0 Å². The predicted octanol–water partition coefficient (Wildman–Crippen LogP) is 1.33. The molecule has 98 valence electrons. The van der Waals surface area contributed by atoms with Crippen molar-refractivity contribution in [2.45, 2.75) is 19.9 Å². The van der Waals surface area contributed by atoms with E-state index in [1.54, 1.807) is 18.3 Å². The fourth-order valence-corrected chi connectivity index (χ4v) is 1.55. The van der Waals surface area contributed by atoms with Gasteiger partial charge in [-0.15, -0.1) is 0 Å². The Morgan fingerprint density at radius 2 is 2.17 bits per heavy atom. The zero-order chi connectivity index (χ0) is 13.7. The Bertz CT molecular complexity index is 431. The van der Waals surface area contributed by atoms with Crippen LogP contribution in [-0.2, 0) is 9.53 Å². The van der Waals surface area contributed by atoms with Gasteiger partial charge in [-0.1, -0.05) is 26.1 Å². The molecular formula is C12H17N3O2S. The minimum absolute atomic E-state index is 0.104. The number of rotatable bonds is 5. The highest BCUT2D eigenvalue weighted by Crippen LogP contribution is 2.13. The van der Waals surface area contributed by atoms with Gasteiger partial charge >= 0.3 is 5.97 Å². The predicted molar refractivity (Wildman–Crippen MR) is 74.4 cm³/mol. The molecule has 0 aliphatic carbocycles. The molecule has 0 aliphatic rings. The molecule has 1 aromatic rings. The van der Waals surface area contributed by atoms with E-state index in [9.17, 15) is 4.79 Å². The number of pyridine rings is 1. The number of aromatic nitrogens is 1. The van der Waals surface area contributed by atoms with Crippen LogP contribution in [0.25, 0.3) is 0 Å². The van der Waals surface area contributed by atoms with Crippen molar-refractivity contribution in [3.63, 3.8) is 0 Å². The maximum Gasteiger partial charge on any atom is 0.328 e. The summed E-state index contributed by atoms with van der Waals surface area (Å²) in [6.45, 7) is 3.87. The molecule has 0 amide bonds. The Morgan fingerprint density at radius 3 is 2.56 bits per heavy atom. The average Bonchev–Trinajstić information content (AvgIpc) is 2.35. The second kappa shape index (κ2) is 6.30. The van der Waals surface area contributed by atoms with E-state index in [0.29, 0.717) is 5.69 Å². The molecule has 1 heterocycles. The summed E-state index contributed by atoms with van der Waals surface area (Å²) >= 11 is 4.82. The molecule has 0 spiro atoms. The van der Waals surface area contributed by atoms with Crippen LogP contribution in [0.2, 0.25) is 0 Å². The van der Waals surface area contributed by atoms with E-state index in [2.05, 4.69) is 10.3 Å². The van der Waals surface area contributed by atoms with Crippen LogP contribution in [0.1, 0.15) is 19.5 Å². The molecule has 1 atom stereocenters. The van der Waals surface area contributed by atoms with E-state index in [0.717, 1.165) is 5.69 Å². The van der Waals surface area contributed by atoms with Crippen LogP contribution in [0.5, 0.6) is 0 Å². The Balaban J connectivity index is 2.81. The van der Waals surface area contributed by atoms with Gasteiger partial charge in [0, 0.05) is 0 Å². The van der Waals surface area contributed by atoms with Crippen molar-refractivity contribution in [3.05, 3.63) is 24.0 Å². The third-order valence-electron chi connectivity index (χ3n) is 2.46. The van der Waals surface area contributed by atoms with Crippen LogP contribution in [0.4, 0.5) is 5.69 Å². The molecule has 6 heteroatoms. The lowest BCUT2D eigenvalue weighted by Gasteiger charge is -2.20. The zero-order valence-corrected chi connectivity index (χ0v) is 11.5. The highest BCUT2D eigenvalue weighted by atomic mass is 32.1. The normalized spacial score (nSPS) is 12.0. The standard InChI is InChI=1S/C12H17N3O2S/c1-7(2)10(12(16)17-3)15-8-4-5-9(11(13)18)14-6-8/h4-7,10,15H,1-3H3,(H2,13,18). The minimum atomic E-state index is -0.410. The first kappa shape index (κ1) is 14.4. The number of nitrogens with one attached hydrogen (secondary N) is 1. The summed E-state index contributed by atoms with van der Waals surface area (Å²) in [6, 6.07) is 3.08. The average molecular weight is 267 g/mol. The number of hydrogen-bond acceptors (Lipinski definition) is 5. The van der Waals surface area contributed by atoms with Crippen molar-refractivity contribution < 1.29 is 9.53 Å². The summed E-state index contributed by atoms with van der Waals surface area (Å²) in [5.74, 6) is -0.198. The van der Waals surface area contributed by atoms with Crippen molar-refractivity contribution in [1.29, 1.82) is 0 Å². The molecule has 0 bridgehead atoms. The molecule has 0 aliphatic heterocycles. The maximum absolute atomic E-state index is 11.6. The summed E-state index contributed by atoms with van der Waals surface area (Å²) in [4.78, 5) is 15.9. The number of thiocarbonyl (C=S) groups is 1. The smallest absolute Gasteiger partial charge is 0.328 e. The van der Waals surface area contributed by atoms with Crippen molar-refractivity contribution in [3.8, 4) is 0 Å². The van der Waals surface area contributed by atoms with E-state index >= 15 is 0 Å². The summed E-state index contributed by atoms with van der Waals surface area (Å²) in [5.41, 5.74) is 6.73. The van der Waals surface area contributed by atoms with Crippen LogP contribution < -0.4 is 11.1 Å². The number of carbonyl (C=O) groups is 1. The lowest BCUT2D eigenvalue weighted by Crippen LogP contribution is -2.35. The highest BCUT2D eigenvalue weighted by molar-refractivity contribution is 7.80. The van der Waals surface area contributed by atoms with Gasteiger partial charge < -0.3 is 15.8 Å². The molecule has 0 saturated heterocycles. The molecule has 0 aromatic carbocycles. The molecule has 1 unspecified atom stereocenters. The van der Waals surface area contributed by atoms with Crippen molar-refractivity contribution >= 4 is 28.9 Å². The number of nitrogens with zero attached hydrogens (tertiary/aromatic N) is 1. The third kappa shape index (κ3) is 3.66. The Morgan fingerprint density at radius 1 is 1.50 bits per heavy atom. The zero-order valence-electron chi connectivity index (χ0n) is 10.6. The first-order valence-electron chi connectivity index (χ1n) is 5.56. The van der Waals surface area contributed by atoms with E-state index in [-0.39, 0.29) is 16.9 Å². The summed E-state index contributed by atoms with van der Waals surface area (Å²) < 4.78 is 4.75. The van der Waals surface area contributed by atoms with E-state index < -0.39 is 6.04 Å². The summed E-state index contributed by atoms with van der Waals surface area (Å²) in [7, 11) is 1.37. The third-order valence-corrected chi connectivity index (χ3v) is 2.67. The number of hydrogen-bond donors (Lipinski definition) is 2. The van der Waals surface area contributed by atoms with E-state index in [1.165, 1.54) is 7.11 Å². The van der Waals surface area contributed by atoms with Gasteiger partial charge in [-0.25, -0.2) is 4.79 Å². The van der Waals surface area contributed by atoms with Crippen LogP contribution in [0.15, 0.2) is 18.3 Å². The van der Waals surface area contributed by atoms with Gasteiger partial charge in [-0.3, -0.25) is 4.98 Å². The lowest BCUT2D eigenvalue weighted by molar-refractivity contribution is -0.142. The number of carbonyl (C=O) groups excluding carboxylic acids is 1. The molecule has 0 saturated carbocycles. The molecule has 3 N–H and O–H groups in total. The SMILES string of the molecule is COC(=O)C(Nc1ccc(C(N)=S)nc1)C(C)C. The summed E-state index contributed by atoms with van der Waals surface area (Å²) in [6.07, 6.45) is 1.59. The van der Waals surface area contributed by atoms with Crippen LogP contribution in [0.3, 0.4) is 0 Å². The lowest BCUT2D eigenvalue weighted by atomic mass is 10.0. The van der Waals surface area contributed by atoms with Crippen LogP contribution in [0, 0.1) is 5.92 Å². The van der Waals surface area contributed by atoms with Gasteiger partial charge in [0.05, 0.1) is 24.7 Å². The fraction of sp³-hybridized carbons (Fsp3) is 0.417. The van der Waals surface area contributed by atoms with E-state index in [4.69, 9.17) is 22.7 Å². The minimum Gasteiger partial charge on any atom is -0.467 e. The van der Waals surface area contributed by atoms with Gasteiger partial charge in [0.25, 0.3) is 0 Å². The number of ether oxygens (including phenoxy) is 1. The van der Waals surface area contributed by atoms with Crippen molar-refractivity contribution in [1.82, 2.24) is 4.98 Å². The quantitative estimate of drug-likeness (QED) is 0.619. The highest BCUT2D eigenvalue weighted by Gasteiger charge is 2.22. The Hall–Kier alpha value is -1.69. The molecule has 5 nitrogen and oxygen atoms in total. The largest absolute Gasteiger partial charge is 0.467 e. The molecular weight excluding hydrogens is 250 g/mol. The Labute approximate surface area is 112 Å². The monoisotopic (exact) mass is 267 g/mol. The number of nitrogens with two attached hydrogens (primary N) is 1. The first-order valence-corrected chi connectivity index (χ1v) is 5.96. The Kier molecular flexibility index (Phi) is 5.03. The summed E-state index contributed by atoms with van der Waals surface area (Å²) in [5, 5.41) is 3.07. The maximum atomic E-state index is 11.6. The molecule has 1 rings (SSSR count).